The molecular formula is C13H21NO5S. The van der Waals surface area contributed by atoms with Crippen molar-refractivity contribution in [3.63, 3.8) is 0 Å². The van der Waals surface area contributed by atoms with E-state index in [0.29, 0.717) is 19.0 Å². The molecule has 0 aliphatic carbocycles. The smallest absolute Gasteiger partial charge is 0.232 e. The van der Waals surface area contributed by atoms with Gasteiger partial charge in [-0.05, 0) is 6.42 Å². The molecule has 0 amide bonds. The summed E-state index contributed by atoms with van der Waals surface area (Å²) < 4.78 is 25.3. The molecule has 0 atom stereocenters. The van der Waals surface area contributed by atoms with Gasteiger partial charge >= 0.3 is 0 Å². The topological polar surface area (TPSA) is 97.4 Å². The molecule has 0 radical (unpaired) electrons. The lowest BCUT2D eigenvalue weighted by molar-refractivity contribution is -0.120. The second kappa shape index (κ2) is 10.3. The van der Waals surface area contributed by atoms with Gasteiger partial charge in [0.2, 0.25) is 10.0 Å². The molecule has 114 valence electrons. The molecule has 0 aromatic carbocycles. The van der Waals surface area contributed by atoms with Crippen molar-refractivity contribution in [1.29, 1.82) is 0 Å². The first kappa shape index (κ1) is 18.5. The second-order valence-electron chi connectivity index (χ2n) is 4.40. The highest BCUT2D eigenvalue weighted by Crippen LogP contribution is 2.03. The van der Waals surface area contributed by atoms with E-state index in [9.17, 15) is 22.8 Å². The number of hydrogen-bond donors (Lipinski definition) is 1. The number of unbranched alkanes of at least 4 members (excludes halogenated alkanes) is 2. The van der Waals surface area contributed by atoms with Gasteiger partial charge in [-0.1, -0.05) is 19.8 Å². The molecule has 0 aromatic rings. The zero-order valence-corrected chi connectivity index (χ0v) is 12.4. The molecular weight excluding hydrogens is 282 g/mol. The Hall–Kier alpha value is -1.50. The number of carbonyl (C=O) groups is 3. The molecule has 6 nitrogen and oxygen atoms in total. The highest BCUT2D eigenvalue weighted by Gasteiger charge is 2.09. The molecule has 0 aromatic heterocycles. The van der Waals surface area contributed by atoms with E-state index < -0.39 is 10.0 Å². The van der Waals surface area contributed by atoms with Gasteiger partial charge in [0.05, 0.1) is 5.75 Å². The molecule has 0 spiro atoms. The van der Waals surface area contributed by atoms with Gasteiger partial charge in [-0.2, -0.15) is 0 Å². The van der Waals surface area contributed by atoms with Gasteiger partial charge in [-0.3, -0.25) is 14.3 Å². The van der Waals surface area contributed by atoms with Crippen molar-refractivity contribution in [2.75, 3.05) is 5.75 Å². The zero-order chi connectivity index (χ0) is 15.4. The van der Waals surface area contributed by atoms with Gasteiger partial charge in [0.25, 0.3) is 0 Å². The molecule has 0 bridgehead atoms. The van der Waals surface area contributed by atoms with E-state index in [1.54, 1.807) is 0 Å². The van der Waals surface area contributed by atoms with Gasteiger partial charge in [-0.15, -0.1) is 0 Å². The van der Waals surface area contributed by atoms with Crippen LogP contribution in [0, 0.1) is 0 Å². The molecule has 0 saturated carbocycles. The van der Waals surface area contributed by atoms with Crippen LogP contribution in [0.25, 0.3) is 0 Å². The number of rotatable bonds is 12. The lowest BCUT2D eigenvalue weighted by Crippen LogP contribution is -2.22. The number of ketones is 1. The third-order valence-corrected chi connectivity index (χ3v) is 3.84. The minimum absolute atomic E-state index is 0.0113. The van der Waals surface area contributed by atoms with Gasteiger partial charge < -0.3 is 4.79 Å². The summed E-state index contributed by atoms with van der Waals surface area (Å²) >= 11 is 0. The molecule has 0 heterocycles. The Bertz CT molecular complexity index is 453. The maximum atomic E-state index is 11.6. The fourth-order valence-corrected chi connectivity index (χ4v) is 2.46. The number of hydrogen-bond acceptors (Lipinski definition) is 5. The van der Waals surface area contributed by atoms with Crippen LogP contribution in [0.2, 0.25) is 0 Å². The lowest BCUT2D eigenvalue weighted by atomic mass is 10.1. The third kappa shape index (κ3) is 9.43. The summed E-state index contributed by atoms with van der Waals surface area (Å²) in [6, 6.07) is 0. The number of Topliss-reactive ketones (excluding diaryl/α,β-unsaturated/α-hetero) is 1. The molecule has 20 heavy (non-hydrogen) atoms. The van der Waals surface area contributed by atoms with E-state index in [2.05, 4.69) is 4.72 Å². The molecule has 0 rings (SSSR count). The van der Waals surface area contributed by atoms with E-state index in [1.807, 2.05) is 6.92 Å². The van der Waals surface area contributed by atoms with Crippen molar-refractivity contribution in [3.8, 4) is 0 Å². The lowest BCUT2D eigenvalue weighted by Gasteiger charge is -2.04. The third-order valence-electron chi connectivity index (χ3n) is 2.53. The first-order chi connectivity index (χ1) is 9.45. The Morgan fingerprint density at radius 1 is 1.20 bits per heavy atom. The van der Waals surface area contributed by atoms with Crippen molar-refractivity contribution in [3.05, 3.63) is 11.8 Å². The van der Waals surface area contributed by atoms with Crippen molar-refractivity contribution in [2.24, 2.45) is 0 Å². The van der Waals surface area contributed by atoms with Gasteiger partial charge in [0.15, 0.2) is 0 Å². The van der Waals surface area contributed by atoms with E-state index >= 15 is 0 Å². The summed E-state index contributed by atoms with van der Waals surface area (Å²) in [5.74, 6) is -0.289. The normalized spacial score (nSPS) is 11.9. The second-order valence-corrected chi connectivity index (χ2v) is 6.28. The van der Waals surface area contributed by atoms with Crippen molar-refractivity contribution >= 4 is 28.4 Å². The molecule has 7 heteroatoms. The first-order valence-corrected chi connectivity index (χ1v) is 8.20. The minimum atomic E-state index is -3.46. The first-order valence-electron chi connectivity index (χ1n) is 6.54. The standard InChI is InChI=1S/C13H21NO5S/c1-2-3-4-8-20(18,19)14-10-12(11-16)9-13(17)6-5-7-15/h7,10-11,14H,2-6,8-9H2,1H3/b12-10-. The van der Waals surface area contributed by atoms with Crippen molar-refractivity contribution in [2.45, 2.75) is 45.4 Å². The summed E-state index contributed by atoms with van der Waals surface area (Å²) in [7, 11) is -3.46. The Kier molecular flexibility index (Phi) is 9.53. The quantitative estimate of drug-likeness (QED) is 0.331. The van der Waals surface area contributed by atoms with Crippen LogP contribution in [0.3, 0.4) is 0 Å². The number of aldehydes is 2. The summed E-state index contributed by atoms with van der Waals surface area (Å²) in [6.07, 6.45) is 4.37. The van der Waals surface area contributed by atoms with E-state index in [4.69, 9.17) is 0 Å². The van der Waals surface area contributed by atoms with Crippen molar-refractivity contribution in [1.82, 2.24) is 4.72 Å². The van der Waals surface area contributed by atoms with Gasteiger partial charge in [0.1, 0.15) is 18.4 Å². The Labute approximate surface area is 119 Å². The van der Waals surface area contributed by atoms with Crippen LogP contribution in [0.1, 0.15) is 45.4 Å². The molecule has 1 N–H and O–H groups in total. The van der Waals surface area contributed by atoms with Crippen LogP contribution in [0.5, 0.6) is 0 Å². The molecule has 0 saturated heterocycles. The largest absolute Gasteiger partial charge is 0.303 e. The van der Waals surface area contributed by atoms with E-state index in [0.717, 1.165) is 19.0 Å². The Balaban J connectivity index is 4.40. The monoisotopic (exact) mass is 303 g/mol. The van der Waals surface area contributed by atoms with Crippen LogP contribution < -0.4 is 4.72 Å². The molecule has 0 unspecified atom stereocenters. The maximum absolute atomic E-state index is 11.6. The van der Waals surface area contributed by atoms with Crippen LogP contribution >= 0.6 is 0 Å². The molecule has 0 aliphatic heterocycles. The minimum Gasteiger partial charge on any atom is -0.303 e. The average molecular weight is 303 g/mol. The summed E-state index contributed by atoms with van der Waals surface area (Å²) in [6.45, 7) is 1.97. The van der Waals surface area contributed by atoms with Gasteiger partial charge in [-0.25, -0.2) is 8.42 Å². The number of carbonyl (C=O) groups excluding carboxylic acids is 3. The van der Waals surface area contributed by atoms with Crippen LogP contribution in [-0.2, 0) is 24.4 Å². The Morgan fingerprint density at radius 2 is 1.90 bits per heavy atom. The highest BCUT2D eigenvalue weighted by atomic mass is 32.2. The Morgan fingerprint density at radius 3 is 2.45 bits per heavy atom. The van der Waals surface area contributed by atoms with Gasteiger partial charge in [0, 0.05) is 31.0 Å². The predicted octanol–water partition coefficient (Wildman–Crippen LogP) is 1.12. The SMILES string of the molecule is CCCCCS(=O)(=O)N/C=C(\C=O)CC(=O)CCC=O. The number of nitrogens with one attached hydrogen (secondary N) is 1. The summed E-state index contributed by atoms with van der Waals surface area (Å²) in [5.41, 5.74) is 0.0555. The fraction of sp³-hybridized carbons (Fsp3) is 0.615. The van der Waals surface area contributed by atoms with E-state index in [1.165, 1.54) is 0 Å². The van der Waals surface area contributed by atoms with Crippen LogP contribution in [-0.4, -0.2) is 32.5 Å². The maximum Gasteiger partial charge on any atom is 0.232 e. The summed E-state index contributed by atoms with van der Waals surface area (Å²) in [5, 5.41) is 0. The molecule has 0 aliphatic rings. The average Bonchev–Trinajstić information content (AvgIpc) is 2.41. The molecule has 0 fully saturated rings. The number of allylic oxidation sites excluding steroid dienone is 1. The fourth-order valence-electron chi connectivity index (χ4n) is 1.43. The zero-order valence-electron chi connectivity index (χ0n) is 11.6. The van der Waals surface area contributed by atoms with E-state index in [-0.39, 0.29) is 36.4 Å². The van der Waals surface area contributed by atoms with Crippen LogP contribution in [0.15, 0.2) is 11.8 Å². The highest BCUT2D eigenvalue weighted by molar-refractivity contribution is 7.89. The number of sulfonamides is 1. The van der Waals surface area contributed by atoms with Crippen molar-refractivity contribution < 1.29 is 22.8 Å². The predicted molar refractivity (Wildman–Crippen MR) is 75.5 cm³/mol. The van der Waals surface area contributed by atoms with Crippen LogP contribution in [0.4, 0.5) is 0 Å². The summed E-state index contributed by atoms with van der Waals surface area (Å²) in [4.78, 5) is 32.3.